The monoisotopic (exact) mass is 251 g/mol. The van der Waals surface area contributed by atoms with E-state index in [4.69, 9.17) is 16.9 Å². The predicted molar refractivity (Wildman–Crippen MR) is 71.4 cm³/mol. The number of nitrogens with zero attached hydrogens (tertiary/aromatic N) is 2. The Morgan fingerprint density at radius 1 is 1.29 bits per heavy atom. The molecule has 5 nitrogen and oxygen atoms in total. The Balaban J connectivity index is 0.00000144. The Hall–Kier alpha value is -2.01. The van der Waals surface area contributed by atoms with Gasteiger partial charge < -0.3 is 11.5 Å². The maximum Gasteiger partial charge on any atom is 0.215 e. The number of nitrogens with one attached hydrogen (secondary N) is 1. The summed E-state index contributed by atoms with van der Waals surface area (Å²) in [4.78, 5) is 0. The molecule has 0 spiro atoms. The minimum atomic E-state index is -0.184. The first kappa shape index (κ1) is 13.1. The van der Waals surface area contributed by atoms with Crippen molar-refractivity contribution in [3.05, 3.63) is 35.9 Å². The number of aryl methyl sites for hydroxylation is 1. The van der Waals surface area contributed by atoms with Crippen LogP contribution in [0.2, 0.25) is 0 Å². The number of hydrogen-bond donors (Lipinski definition) is 3. The van der Waals surface area contributed by atoms with E-state index in [1.807, 2.05) is 31.2 Å². The largest absolute Gasteiger partial charge is 0.383 e. The number of nitrogen functional groups attached to an aromatic ring is 2. The fraction of sp³-hybridized carbons (Fsp3) is 0.0909. The molecule has 2 aromatic rings. The molecule has 1 aromatic carbocycles. The van der Waals surface area contributed by atoms with E-state index in [0.29, 0.717) is 11.5 Å². The lowest BCUT2D eigenvalue weighted by atomic mass is 10.1. The molecule has 2 rings (SSSR count). The number of rotatable bonds is 1. The van der Waals surface area contributed by atoms with E-state index in [-0.39, 0.29) is 18.4 Å². The van der Waals surface area contributed by atoms with Crippen molar-refractivity contribution in [2.75, 3.05) is 5.73 Å². The van der Waals surface area contributed by atoms with Gasteiger partial charge >= 0.3 is 0 Å². The van der Waals surface area contributed by atoms with Crippen LogP contribution in [0.1, 0.15) is 5.56 Å². The van der Waals surface area contributed by atoms with Crippen molar-refractivity contribution < 1.29 is 0 Å². The van der Waals surface area contributed by atoms with Gasteiger partial charge in [0.2, 0.25) is 5.96 Å². The first-order chi connectivity index (χ1) is 7.58. The zero-order chi connectivity index (χ0) is 11.7. The van der Waals surface area contributed by atoms with Gasteiger partial charge in [0, 0.05) is 11.6 Å². The minimum Gasteiger partial charge on any atom is -0.383 e. The summed E-state index contributed by atoms with van der Waals surface area (Å²) in [6, 6.07) is 9.62. The maximum absolute atomic E-state index is 7.28. The second-order valence-corrected chi connectivity index (χ2v) is 3.62. The summed E-state index contributed by atoms with van der Waals surface area (Å²) in [5.74, 6) is 0.180. The SMILES string of the molecule is Cc1ccc(-c2cc(N)n(C(=N)N)n2)cc1.Cl. The highest BCUT2D eigenvalue weighted by Crippen LogP contribution is 2.20. The van der Waals surface area contributed by atoms with Crippen LogP contribution in [-0.2, 0) is 0 Å². The molecule has 0 aliphatic rings. The van der Waals surface area contributed by atoms with E-state index in [2.05, 4.69) is 5.10 Å². The Bertz CT molecular complexity index is 529. The smallest absolute Gasteiger partial charge is 0.215 e. The first-order valence-corrected chi connectivity index (χ1v) is 4.85. The third-order valence-corrected chi connectivity index (χ3v) is 2.31. The lowest BCUT2D eigenvalue weighted by Gasteiger charge is -1.98. The minimum absolute atomic E-state index is 0. The first-order valence-electron chi connectivity index (χ1n) is 4.85. The molecule has 0 unspecified atom stereocenters. The third-order valence-electron chi connectivity index (χ3n) is 2.31. The highest BCUT2D eigenvalue weighted by molar-refractivity contribution is 5.85. The second kappa shape index (κ2) is 4.88. The molecule has 0 bridgehead atoms. The Kier molecular flexibility index (Phi) is 3.75. The molecule has 5 N–H and O–H groups in total. The Labute approximate surface area is 105 Å². The van der Waals surface area contributed by atoms with Crippen LogP contribution in [-0.4, -0.2) is 15.7 Å². The lowest BCUT2D eigenvalue weighted by molar-refractivity contribution is 0.925. The average Bonchev–Trinajstić information content (AvgIpc) is 2.61. The van der Waals surface area contributed by atoms with Gasteiger partial charge in [-0.1, -0.05) is 29.8 Å². The van der Waals surface area contributed by atoms with Crippen LogP contribution in [0.5, 0.6) is 0 Å². The van der Waals surface area contributed by atoms with Crippen molar-refractivity contribution in [3.63, 3.8) is 0 Å². The molecular formula is C11H14ClN5. The summed E-state index contributed by atoms with van der Waals surface area (Å²) in [5.41, 5.74) is 13.9. The molecule has 0 radical (unpaired) electrons. The summed E-state index contributed by atoms with van der Waals surface area (Å²) in [5, 5.41) is 11.4. The maximum atomic E-state index is 7.28. The zero-order valence-electron chi connectivity index (χ0n) is 9.34. The number of anilines is 1. The molecule has 0 aliphatic heterocycles. The van der Waals surface area contributed by atoms with Crippen LogP contribution in [0, 0.1) is 12.3 Å². The summed E-state index contributed by atoms with van der Waals surface area (Å²) >= 11 is 0. The number of halogens is 1. The Morgan fingerprint density at radius 3 is 2.35 bits per heavy atom. The highest BCUT2D eigenvalue weighted by Gasteiger charge is 2.08. The predicted octanol–water partition coefficient (Wildman–Crippen LogP) is 1.60. The van der Waals surface area contributed by atoms with E-state index in [9.17, 15) is 0 Å². The number of nitrogens with two attached hydrogens (primary N) is 2. The van der Waals surface area contributed by atoms with Crippen LogP contribution in [0.15, 0.2) is 30.3 Å². The van der Waals surface area contributed by atoms with Crippen molar-refractivity contribution in [1.29, 1.82) is 5.41 Å². The molecule has 0 fully saturated rings. The summed E-state index contributed by atoms with van der Waals surface area (Å²) < 4.78 is 1.20. The van der Waals surface area contributed by atoms with Crippen LogP contribution in [0.25, 0.3) is 11.3 Å². The number of hydrogen-bond acceptors (Lipinski definition) is 3. The molecule has 0 aliphatic carbocycles. The topological polar surface area (TPSA) is 93.7 Å². The van der Waals surface area contributed by atoms with Crippen molar-refractivity contribution in [2.45, 2.75) is 6.92 Å². The highest BCUT2D eigenvalue weighted by atomic mass is 35.5. The zero-order valence-corrected chi connectivity index (χ0v) is 10.2. The third kappa shape index (κ3) is 2.57. The van der Waals surface area contributed by atoms with Gasteiger partial charge in [-0.05, 0) is 6.92 Å². The van der Waals surface area contributed by atoms with Gasteiger partial charge in [-0.25, -0.2) is 0 Å². The van der Waals surface area contributed by atoms with E-state index < -0.39 is 0 Å². The normalized spacial score (nSPS) is 9.71. The van der Waals surface area contributed by atoms with Gasteiger partial charge in [0.05, 0.1) is 5.69 Å². The van der Waals surface area contributed by atoms with Crippen molar-refractivity contribution in [2.24, 2.45) is 5.73 Å². The molecule has 0 amide bonds. The van der Waals surface area contributed by atoms with Gasteiger partial charge in [0.25, 0.3) is 0 Å². The van der Waals surface area contributed by atoms with Gasteiger partial charge in [0.15, 0.2) is 0 Å². The molecule has 1 heterocycles. The summed E-state index contributed by atoms with van der Waals surface area (Å²) in [7, 11) is 0. The van der Waals surface area contributed by atoms with Gasteiger partial charge in [0.1, 0.15) is 5.82 Å². The van der Waals surface area contributed by atoms with Gasteiger partial charge in [-0.15, -0.1) is 12.4 Å². The lowest BCUT2D eigenvalue weighted by Crippen LogP contribution is -2.23. The molecular weight excluding hydrogens is 238 g/mol. The Morgan fingerprint density at radius 2 is 1.88 bits per heavy atom. The number of benzene rings is 1. The number of aromatic nitrogens is 2. The molecule has 1 aromatic heterocycles. The summed E-state index contributed by atoms with van der Waals surface area (Å²) in [6.07, 6.45) is 0. The molecule has 0 saturated heterocycles. The average molecular weight is 252 g/mol. The molecule has 6 heteroatoms. The summed E-state index contributed by atoms with van der Waals surface area (Å²) in [6.45, 7) is 2.02. The second-order valence-electron chi connectivity index (χ2n) is 3.62. The van der Waals surface area contributed by atoms with E-state index in [1.165, 1.54) is 10.2 Å². The molecule has 0 saturated carbocycles. The van der Waals surface area contributed by atoms with Crippen molar-refractivity contribution >= 4 is 24.2 Å². The standard InChI is InChI=1S/C11H13N5.ClH/c1-7-2-4-8(5-3-7)9-6-10(12)16(15-9)11(13)14;/h2-6H,12H2,1H3,(H3,13,14);1H. The fourth-order valence-corrected chi connectivity index (χ4v) is 1.45. The van der Waals surface area contributed by atoms with E-state index in [1.54, 1.807) is 6.07 Å². The molecule has 0 atom stereocenters. The molecule has 90 valence electrons. The van der Waals surface area contributed by atoms with Gasteiger partial charge in [-0.2, -0.15) is 9.78 Å². The van der Waals surface area contributed by atoms with Crippen LogP contribution < -0.4 is 11.5 Å². The van der Waals surface area contributed by atoms with Crippen molar-refractivity contribution in [3.8, 4) is 11.3 Å². The van der Waals surface area contributed by atoms with Crippen molar-refractivity contribution in [1.82, 2.24) is 9.78 Å². The fourth-order valence-electron chi connectivity index (χ4n) is 1.45. The van der Waals surface area contributed by atoms with Crippen LogP contribution in [0.4, 0.5) is 5.82 Å². The van der Waals surface area contributed by atoms with Crippen LogP contribution >= 0.6 is 12.4 Å². The quantitative estimate of drug-likeness (QED) is 0.531. The van der Waals surface area contributed by atoms with Gasteiger partial charge in [-0.3, -0.25) is 5.41 Å². The van der Waals surface area contributed by atoms with Crippen LogP contribution in [0.3, 0.4) is 0 Å². The molecule has 17 heavy (non-hydrogen) atoms. The van der Waals surface area contributed by atoms with E-state index >= 15 is 0 Å². The van der Waals surface area contributed by atoms with E-state index in [0.717, 1.165) is 5.56 Å².